The quantitative estimate of drug-likeness (QED) is 0.538. The molecule has 24 heavy (non-hydrogen) atoms. The van der Waals surface area contributed by atoms with Crippen LogP contribution in [0.25, 0.3) is 0 Å². The predicted molar refractivity (Wildman–Crippen MR) is 93.2 cm³/mol. The van der Waals surface area contributed by atoms with Crippen molar-refractivity contribution in [2.75, 3.05) is 13.7 Å². The number of benzene rings is 1. The number of hydrogen-bond acceptors (Lipinski definition) is 6. The molecular formula is C15H13BrN2O5S. The molecule has 0 saturated carbocycles. The summed E-state index contributed by atoms with van der Waals surface area (Å²) in [7, 11) is 1.44. The van der Waals surface area contributed by atoms with Crippen LogP contribution in [-0.4, -0.2) is 36.9 Å². The smallest absolute Gasteiger partial charge is 0.341 e. The zero-order chi connectivity index (χ0) is 17.5. The van der Waals surface area contributed by atoms with Crippen molar-refractivity contribution in [3.63, 3.8) is 0 Å². The Morgan fingerprint density at radius 3 is 2.88 bits per heavy atom. The molecule has 0 atom stereocenters. The zero-order valence-corrected chi connectivity index (χ0v) is 14.9. The van der Waals surface area contributed by atoms with Crippen LogP contribution in [0, 0.1) is 0 Å². The number of rotatable bonds is 7. The molecule has 2 aromatic rings. The summed E-state index contributed by atoms with van der Waals surface area (Å²) in [4.78, 5) is 22.9. The summed E-state index contributed by atoms with van der Waals surface area (Å²) in [5, 5.41) is 14.4. The summed E-state index contributed by atoms with van der Waals surface area (Å²) in [5.74, 6) is -0.768. The lowest BCUT2D eigenvalue weighted by Gasteiger charge is -2.12. The molecule has 0 aliphatic heterocycles. The minimum Gasteiger partial charge on any atom is -0.493 e. The molecule has 0 saturated heterocycles. The predicted octanol–water partition coefficient (Wildman–Crippen LogP) is 2.75. The zero-order valence-electron chi connectivity index (χ0n) is 12.5. The van der Waals surface area contributed by atoms with E-state index in [-0.39, 0.29) is 11.7 Å². The van der Waals surface area contributed by atoms with Crippen LogP contribution in [0.3, 0.4) is 0 Å². The molecule has 1 heterocycles. The molecule has 0 aliphatic rings. The summed E-state index contributed by atoms with van der Waals surface area (Å²) >= 11 is 4.61. The van der Waals surface area contributed by atoms with E-state index in [0.29, 0.717) is 20.7 Å². The lowest BCUT2D eigenvalue weighted by molar-refractivity contribution is -0.139. The summed E-state index contributed by atoms with van der Waals surface area (Å²) in [6.07, 6.45) is 1.44. The van der Waals surface area contributed by atoms with Crippen molar-refractivity contribution in [3.8, 4) is 11.5 Å². The first kappa shape index (κ1) is 18.0. The second-order valence-electron chi connectivity index (χ2n) is 4.39. The number of carboxylic acid groups (broad SMARTS) is 1. The summed E-state index contributed by atoms with van der Waals surface area (Å²) < 4.78 is 10.9. The number of thiophene rings is 1. The SMILES string of the molecule is COc1cc(/C=N\NC(=O)c2cccs2)cc(Br)c1OCC(=O)O. The second-order valence-corrected chi connectivity index (χ2v) is 6.19. The average molecular weight is 413 g/mol. The van der Waals surface area contributed by atoms with Crippen LogP contribution in [0.1, 0.15) is 15.2 Å². The molecule has 0 bridgehead atoms. The Morgan fingerprint density at radius 1 is 1.46 bits per heavy atom. The molecule has 2 rings (SSSR count). The van der Waals surface area contributed by atoms with E-state index in [1.54, 1.807) is 29.6 Å². The maximum absolute atomic E-state index is 11.8. The monoisotopic (exact) mass is 412 g/mol. The van der Waals surface area contributed by atoms with Crippen LogP contribution < -0.4 is 14.9 Å². The van der Waals surface area contributed by atoms with Crippen LogP contribution in [-0.2, 0) is 4.79 Å². The molecule has 0 radical (unpaired) electrons. The molecule has 1 amide bonds. The van der Waals surface area contributed by atoms with Gasteiger partial charge in [-0.1, -0.05) is 6.07 Å². The molecule has 0 fully saturated rings. The fourth-order valence-electron chi connectivity index (χ4n) is 1.72. The third kappa shape index (κ3) is 4.80. The van der Waals surface area contributed by atoms with E-state index in [9.17, 15) is 9.59 Å². The molecule has 2 N–H and O–H groups in total. The topological polar surface area (TPSA) is 97.2 Å². The number of carboxylic acids is 1. The Kier molecular flexibility index (Phi) is 6.33. The van der Waals surface area contributed by atoms with Crippen LogP contribution in [0.5, 0.6) is 11.5 Å². The van der Waals surface area contributed by atoms with Gasteiger partial charge in [-0.2, -0.15) is 5.10 Å². The fourth-order valence-corrected chi connectivity index (χ4v) is 2.90. The van der Waals surface area contributed by atoms with Gasteiger partial charge in [0.1, 0.15) is 0 Å². The van der Waals surface area contributed by atoms with Gasteiger partial charge in [0, 0.05) is 0 Å². The number of carbonyl (C=O) groups excluding carboxylic acids is 1. The Hall–Kier alpha value is -2.39. The molecular weight excluding hydrogens is 400 g/mol. The van der Waals surface area contributed by atoms with Crippen molar-refractivity contribution in [2.45, 2.75) is 0 Å². The Morgan fingerprint density at radius 2 is 2.25 bits per heavy atom. The highest BCUT2D eigenvalue weighted by molar-refractivity contribution is 9.10. The van der Waals surface area contributed by atoms with Crippen molar-refractivity contribution < 1.29 is 24.2 Å². The molecule has 0 spiro atoms. The number of nitrogens with one attached hydrogen (secondary N) is 1. The number of hydrazone groups is 1. The van der Waals surface area contributed by atoms with Crippen LogP contribution in [0.15, 0.2) is 39.2 Å². The van der Waals surface area contributed by atoms with Gasteiger partial charge in [0.15, 0.2) is 18.1 Å². The maximum Gasteiger partial charge on any atom is 0.341 e. The van der Waals surface area contributed by atoms with Crippen LogP contribution >= 0.6 is 27.3 Å². The highest BCUT2D eigenvalue weighted by Crippen LogP contribution is 2.36. The Labute approximate surface area is 150 Å². The van der Waals surface area contributed by atoms with Gasteiger partial charge in [-0.15, -0.1) is 11.3 Å². The summed E-state index contributed by atoms with van der Waals surface area (Å²) in [6, 6.07) is 6.76. The highest BCUT2D eigenvalue weighted by atomic mass is 79.9. The number of nitrogens with zero attached hydrogens (tertiary/aromatic N) is 1. The standard InChI is InChI=1S/C15H13BrN2O5S/c1-22-11-6-9(5-10(16)14(11)23-8-13(19)20)7-17-18-15(21)12-3-2-4-24-12/h2-7H,8H2,1H3,(H,18,21)(H,19,20)/b17-7-. The number of methoxy groups -OCH3 is 1. The minimum absolute atomic E-state index is 0.277. The molecule has 0 aliphatic carbocycles. The van der Waals surface area contributed by atoms with Gasteiger partial charge in [0.05, 0.1) is 22.7 Å². The minimum atomic E-state index is -1.09. The van der Waals surface area contributed by atoms with Gasteiger partial charge in [-0.25, -0.2) is 10.2 Å². The van der Waals surface area contributed by atoms with E-state index in [2.05, 4.69) is 26.5 Å². The van der Waals surface area contributed by atoms with E-state index in [1.807, 2.05) is 0 Å². The van der Waals surface area contributed by atoms with E-state index in [4.69, 9.17) is 14.6 Å². The number of halogens is 1. The first-order valence-corrected chi connectivity index (χ1v) is 8.27. The van der Waals surface area contributed by atoms with Gasteiger partial charge < -0.3 is 14.6 Å². The first-order valence-electron chi connectivity index (χ1n) is 6.60. The second kappa shape index (κ2) is 8.46. The largest absolute Gasteiger partial charge is 0.493 e. The van der Waals surface area contributed by atoms with Gasteiger partial charge in [0.2, 0.25) is 0 Å². The maximum atomic E-state index is 11.8. The van der Waals surface area contributed by atoms with E-state index < -0.39 is 12.6 Å². The van der Waals surface area contributed by atoms with E-state index in [1.165, 1.54) is 24.7 Å². The molecule has 1 aromatic carbocycles. The van der Waals surface area contributed by atoms with E-state index in [0.717, 1.165) is 0 Å². The highest BCUT2D eigenvalue weighted by Gasteiger charge is 2.13. The third-order valence-electron chi connectivity index (χ3n) is 2.72. The molecule has 0 unspecified atom stereocenters. The number of ether oxygens (including phenoxy) is 2. The van der Waals surface area contributed by atoms with Crippen molar-refractivity contribution in [1.82, 2.24) is 5.43 Å². The average Bonchev–Trinajstić information content (AvgIpc) is 3.07. The summed E-state index contributed by atoms with van der Waals surface area (Å²) in [6.45, 7) is -0.487. The number of carbonyl (C=O) groups is 2. The number of hydrogen-bond donors (Lipinski definition) is 2. The first-order chi connectivity index (χ1) is 11.5. The van der Waals surface area contributed by atoms with Gasteiger partial charge in [-0.05, 0) is 45.1 Å². The van der Waals surface area contributed by atoms with Crippen LogP contribution in [0.2, 0.25) is 0 Å². The van der Waals surface area contributed by atoms with Gasteiger partial charge >= 0.3 is 5.97 Å². The van der Waals surface area contributed by atoms with Gasteiger partial charge in [-0.3, -0.25) is 4.79 Å². The molecule has 1 aromatic heterocycles. The lowest BCUT2D eigenvalue weighted by Crippen LogP contribution is -2.16. The van der Waals surface area contributed by atoms with Crippen molar-refractivity contribution >= 4 is 45.4 Å². The number of aliphatic carboxylic acids is 1. The van der Waals surface area contributed by atoms with Crippen molar-refractivity contribution in [3.05, 3.63) is 44.6 Å². The normalized spacial score (nSPS) is 10.6. The van der Waals surface area contributed by atoms with Crippen molar-refractivity contribution in [1.29, 1.82) is 0 Å². The number of amides is 1. The molecule has 126 valence electrons. The Balaban J connectivity index is 2.10. The lowest BCUT2D eigenvalue weighted by atomic mass is 10.2. The molecule has 7 nitrogen and oxygen atoms in total. The van der Waals surface area contributed by atoms with Crippen LogP contribution in [0.4, 0.5) is 0 Å². The van der Waals surface area contributed by atoms with Gasteiger partial charge in [0.25, 0.3) is 5.91 Å². The van der Waals surface area contributed by atoms with Crippen molar-refractivity contribution in [2.24, 2.45) is 5.10 Å². The van der Waals surface area contributed by atoms with E-state index >= 15 is 0 Å². The Bertz CT molecular complexity index is 761. The third-order valence-corrected chi connectivity index (χ3v) is 4.17. The summed E-state index contributed by atoms with van der Waals surface area (Å²) in [5.41, 5.74) is 3.05. The fraction of sp³-hybridized carbons (Fsp3) is 0.133. The molecule has 9 heteroatoms.